The molecule has 0 saturated carbocycles. The van der Waals surface area contributed by atoms with Crippen molar-refractivity contribution in [3.63, 3.8) is 0 Å². The maximum Gasteiger partial charge on any atom is 0.166 e. The molecule has 0 aromatic heterocycles. The molecular formula is C11H22INO3S. The number of alkyl halides is 1. The Morgan fingerprint density at radius 1 is 1.47 bits per heavy atom. The van der Waals surface area contributed by atoms with E-state index in [1.165, 1.54) is 0 Å². The molecule has 4 nitrogen and oxygen atoms in total. The Morgan fingerprint density at radius 3 is 2.53 bits per heavy atom. The van der Waals surface area contributed by atoms with E-state index in [1.807, 2.05) is 27.7 Å². The zero-order valence-electron chi connectivity index (χ0n) is 10.8. The highest BCUT2D eigenvalue weighted by molar-refractivity contribution is 14.1. The van der Waals surface area contributed by atoms with Crippen LogP contribution in [0.2, 0.25) is 0 Å². The average molecular weight is 375 g/mol. The van der Waals surface area contributed by atoms with Gasteiger partial charge in [-0.15, -0.1) is 4.72 Å². The molecule has 0 aliphatic carbocycles. The van der Waals surface area contributed by atoms with Gasteiger partial charge in [0, 0.05) is 11.4 Å². The van der Waals surface area contributed by atoms with Gasteiger partial charge in [0.1, 0.15) is 4.75 Å². The number of hydrogen-bond acceptors (Lipinski definition) is 4. The predicted octanol–water partition coefficient (Wildman–Crippen LogP) is 1.73. The Balaban J connectivity index is 2.46. The third-order valence-corrected chi connectivity index (χ3v) is 5.69. The van der Waals surface area contributed by atoms with Crippen LogP contribution in [0.25, 0.3) is 0 Å². The molecule has 17 heavy (non-hydrogen) atoms. The van der Waals surface area contributed by atoms with Gasteiger partial charge in [0.25, 0.3) is 0 Å². The van der Waals surface area contributed by atoms with Crippen LogP contribution in [0.15, 0.2) is 0 Å². The van der Waals surface area contributed by atoms with E-state index in [9.17, 15) is 9.66 Å². The zero-order chi connectivity index (χ0) is 13.2. The van der Waals surface area contributed by atoms with Crippen LogP contribution in [-0.2, 0) is 16.1 Å². The first kappa shape index (κ1) is 16.0. The van der Waals surface area contributed by atoms with Crippen molar-refractivity contribution in [1.29, 1.82) is 0 Å². The summed E-state index contributed by atoms with van der Waals surface area (Å²) in [5.41, 5.74) is 0. The Morgan fingerprint density at radius 2 is 2.06 bits per heavy atom. The van der Waals surface area contributed by atoms with Gasteiger partial charge in [-0.05, 0) is 40.5 Å². The number of nitrogens with one attached hydrogen (secondary N) is 1. The molecule has 0 radical (unpaired) electrons. The van der Waals surface area contributed by atoms with E-state index in [4.69, 9.17) is 4.74 Å². The normalized spacial score (nSPS) is 34.4. The summed E-state index contributed by atoms with van der Waals surface area (Å²) in [6, 6.07) is -0.0198. The van der Waals surface area contributed by atoms with Crippen LogP contribution in [0, 0.1) is 0 Å². The first-order chi connectivity index (χ1) is 7.71. The fourth-order valence-electron chi connectivity index (χ4n) is 1.59. The van der Waals surface area contributed by atoms with Gasteiger partial charge in [-0.25, -0.2) is 0 Å². The smallest absolute Gasteiger partial charge is 0.166 e. The van der Waals surface area contributed by atoms with E-state index >= 15 is 0 Å². The molecule has 2 N–H and O–H groups in total. The summed E-state index contributed by atoms with van der Waals surface area (Å²) in [5.74, 6) is 0. The molecule has 0 bridgehead atoms. The fraction of sp³-hybridized carbons (Fsp3) is 1.00. The van der Waals surface area contributed by atoms with Crippen LogP contribution in [-0.4, -0.2) is 36.8 Å². The average Bonchev–Trinajstić information content (AvgIpc) is 2.20. The minimum absolute atomic E-state index is 0.0198. The van der Waals surface area contributed by atoms with E-state index in [-0.39, 0.29) is 20.8 Å². The van der Waals surface area contributed by atoms with Crippen molar-refractivity contribution in [3.8, 4) is 0 Å². The second kappa shape index (κ2) is 6.38. The molecule has 1 heterocycles. The van der Waals surface area contributed by atoms with Crippen molar-refractivity contribution >= 4 is 34.0 Å². The minimum Gasteiger partial charge on any atom is -0.598 e. The van der Waals surface area contributed by atoms with E-state index in [1.54, 1.807) is 0 Å². The number of aliphatic hydroxyl groups excluding tert-OH is 1. The van der Waals surface area contributed by atoms with Crippen LogP contribution in [0.5, 0.6) is 0 Å². The standard InChI is InChI=1S/C11H22INO3S/c1-7(13-17(15)11(2,3)4)9-6-5-8(12)10(14)16-9/h7-10,13-14H,5-6H2,1-4H3/t7?,8?,9-,10?,17?/m0/s1. The fourth-order valence-corrected chi connectivity index (χ4v) is 2.96. The topological polar surface area (TPSA) is 64.5 Å². The minimum atomic E-state index is -1.10. The van der Waals surface area contributed by atoms with Gasteiger partial charge in [-0.3, -0.25) is 0 Å². The van der Waals surface area contributed by atoms with Crippen molar-refractivity contribution in [3.05, 3.63) is 0 Å². The monoisotopic (exact) mass is 375 g/mol. The molecule has 1 fully saturated rings. The quantitative estimate of drug-likeness (QED) is 0.448. The van der Waals surface area contributed by atoms with Crippen molar-refractivity contribution in [1.82, 2.24) is 4.72 Å². The Labute approximate surface area is 120 Å². The summed E-state index contributed by atoms with van der Waals surface area (Å²) in [6.07, 6.45) is 1.05. The lowest BCUT2D eigenvalue weighted by Gasteiger charge is -2.35. The highest BCUT2D eigenvalue weighted by Gasteiger charge is 2.35. The van der Waals surface area contributed by atoms with Crippen molar-refractivity contribution in [2.75, 3.05) is 0 Å². The van der Waals surface area contributed by atoms with Crippen LogP contribution in [0.3, 0.4) is 0 Å². The number of halogens is 1. The van der Waals surface area contributed by atoms with Gasteiger partial charge in [-0.1, -0.05) is 22.6 Å². The molecule has 102 valence electrons. The number of rotatable bonds is 3. The van der Waals surface area contributed by atoms with Gasteiger partial charge >= 0.3 is 0 Å². The lowest BCUT2D eigenvalue weighted by atomic mass is 10.0. The van der Waals surface area contributed by atoms with Crippen LogP contribution in [0.1, 0.15) is 40.5 Å². The molecule has 1 aliphatic rings. The summed E-state index contributed by atoms with van der Waals surface area (Å²) < 4.78 is 20.4. The maximum atomic E-state index is 11.9. The van der Waals surface area contributed by atoms with E-state index in [2.05, 4.69) is 27.3 Å². The van der Waals surface area contributed by atoms with Crippen LogP contribution < -0.4 is 4.72 Å². The van der Waals surface area contributed by atoms with Crippen molar-refractivity contribution < 1.29 is 14.4 Å². The van der Waals surface area contributed by atoms with Crippen LogP contribution in [0.4, 0.5) is 0 Å². The van der Waals surface area contributed by atoms with E-state index < -0.39 is 17.7 Å². The predicted molar refractivity (Wildman–Crippen MR) is 78.4 cm³/mol. The first-order valence-corrected chi connectivity index (χ1v) is 8.27. The van der Waals surface area contributed by atoms with Crippen molar-refractivity contribution in [2.24, 2.45) is 0 Å². The number of aliphatic hydroxyl groups is 1. The zero-order valence-corrected chi connectivity index (χ0v) is 13.7. The van der Waals surface area contributed by atoms with Crippen LogP contribution >= 0.6 is 22.6 Å². The molecular weight excluding hydrogens is 353 g/mol. The molecule has 0 aromatic carbocycles. The summed E-state index contributed by atoms with van der Waals surface area (Å²) in [5, 5.41) is 9.66. The summed E-state index contributed by atoms with van der Waals surface area (Å²) in [7, 11) is 0. The number of hydrogen-bond donors (Lipinski definition) is 2. The maximum absolute atomic E-state index is 11.9. The molecule has 0 amide bonds. The molecule has 0 aromatic rings. The van der Waals surface area contributed by atoms with Crippen molar-refractivity contribution in [2.45, 2.75) is 67.6 Å². The molecule has 1 aliphatic heterocycles. The lowest BCUT2D eigenvalue weighted by molar-refractivity contribution is -0.160. The largest absolute Gasteiger partial charge is 0.598 e. The van der Waals surface area contributed by atoms with E-state index in [0.717, 1.165) is 12.8 Å². The molecule has 1 saturated heterocycles. The van der Waals surface area contributed by atoms with Gasteiger partial charge in [-0.2, -0.15) is 0 Å². The third-order valence-electron chi connectivity index (χ3n) is 2.76. The lowest BCUT2D eigenvalue weighted by Crippen LogP contribution is -2.51. The second-order valence-electron chi connectivity index (χ2n) is 5.45. The first-order valence-electron chi connectivity index (χ1n) is 5.87. The number of ether oxygens (including phenoxy) is 1. The molecule has 6 heteroatoms. The highest BCUT2D eigenvalue weighted by Crippen LogP contribution is 2.26. The Bertz CT molecular complexity index is 249. The van der Waals surface area contributed by atoms with Gasteiger partial charge in [0.05, 0.1) is 16.1 Å². The summed E-state index contributed by atoms with van der Waals surface area (Å²) in [6.45, 7) is 7.75. The Kier molecular flexibility index (Phi) is 6.00. The summed E-state index contributed by atoms with van der Waals surface area (Å²) in [4.78, 5) is 0. The van der Waals surface area contributed by atoms with Gasteiger partial charge in [0.2, 0.25) is 0 Å². The highest BCUT2D eigenvalue weighted by atomic mass is 127. The Hall–Kier alpha value is 0.920. The molecule has 4 unspecified atom stereocenters. The SMILES string of the molecule is CC(N[S+]([O-])C(C)(C)C)[C@@H]1CCC(I)C(O)O1. The van der Waals surface area contributed by atoms with Gasteiger partial charge < -0.3 is 14.4 Å². The van der Waals surface area contributed by atoms with E-state index in [0.29, 0.717) is 0 Å². The molecule has 1 rings (SSSR count). The molecule has 5 atom stereocenters. The molecule has 0 spiro atoms. The summed E-state index contributed by atoms with van der Waals surface area (Å²) >= 11 is 1.10. The second-order valence-corrected chi connectivity index (χ2v) is 9.04. The third kappa shape index (κ3) is 4.83. The van der Waals surface area contributed by atoms with Gasteiger partial charge in [0.15, 0.2) is 6.29 Å².